The van der Waals surface area contributed by atoms with Gasteiger partial charge in [0.1, 0.15) is 6.04 Å². The molecule has 5 heteroatoms. The molecule has 5 nitrogen and oxygen atoms in total. The Morgan fingerprint density at radius 3 is 2.58 bits per heavy atom. The average molecular weight is 268 g/mol. The average Bonchev–Trinajstić information content (AvgIpc) is 2.89. The number of carbonyl (C=O) groups excluding carboxylic acids is 2. The lowest BCUT2D eigenvalue weighted by molar-refractivity contribution is -0.153. The predicted molar refractivity (Wildman–Crippen MR) is 71.6 cm³/mol. The summed E-state index contributed by atoms with van der Waals surface area (Å²) in [6, 6.07) is 0.409. The normalized spacial score (nSPS) is 29.8. The van der Waals surface area contributed by atoms with E-state index in [2.05, 4.69) is 11.8 Å². The molecule has 2 atom stereocenters. The van der Waals surface area contributed by atoms with Crippen molar-refractivity contribution in [3.8, 4) is 0 Å². The highest BCUT2D eigenvalue weighted by molar-refractivity contribution is 5.87. The van der Waals surface area contributed by atoms with Crippen LogP contribution in [0.25, 0.3) is 0 Å². The number of nitrogens with zero attached hydrogens (tertiary/aromatic N) is 2. The summed E-state index contributed by atoms with van der Waals surface area (Å²) in [4.78, 5) is 28.0. The third-order valence-electron chi connectivity index (χ3n) is 4.40. The lowest BCUT2D eigenvalue weighted by Crippen LogP contribution is -2.62. The van der Waals surface area contributed by atoms with Crippen molar-refractivity contribution in [2.24, 2.45) is 0 Å². The van der Waals surface area contributed by atoms with Crippen LogP contribution in [0.2, 0.25) is 0 Å². The minimum atomic E-state index is -0.343. The van der Waals surface area contributed by atoms with E-state index in [0.29, 0.717) is 12.1 Å². The van der Waals surface area contributed by atoms with Gasteiger partial charge in [-0.05, 0) is 19.8 Å². The number of hydrogen-bond donors (Lipinski definition) is 0. The van der Waals surface area contributed by atoms with Crippen LogP contribution in [0.5, 0.6) is 0 Å². The second-order valence-corrected chi connectivity index (χ2v) is 5.75. The van der Waals surface area contributed by atoms with Crippen molar-refractivity contribution in [2.75, 3.05) is 20.7 Å². The highest BCUT2D eigenvalue weighted by Crippen LogP contribution is 2.30. The van der Waals surface area contributed by atoms with Gasteiger partial charge in [0.05, 0.1) is 13.5 Å². The predicted octanol–water partition coefficient (Wildman–Crippen LogP) is 1.02. The first-order chi connectivity index (χ1) is 9.04. The number of ether oxygens (including phenoxy) is 1. The molecule has 2 unspecified atom stereocenters. The summed E-state index contributed by atoms with van der Waals surface area (Å²) < 4.78 is 4.75. The van der Waals surface area contributed by atoms with Crippen LogP contribution in [-0.4, -0.2) is 60.5 Å². The Morgan fingerprint density at radius 1 is 1.37 bits per heavy atom. The monoisotopic (exact) mass is 268 g/mol. The summed E-state index contributed by atoms with van der Waals surface area (Å²) in [6.07, 6.45) is 4.89. The molecular formula is C14H24N2O3. The molecule has 0 aromatic rings. The molecule has 1 saturated carbocycles. The van der Waals surface area contributed by atoms with E-state index in [1.807, 2.05) is 7.05 Å². The molecule has 2 fully saturated rings. The smallest absolute Gasteiger partial charge is 0.307 e. The molecule has 19 heavy (non-hydrogen) atoms. The fraction of sp³-hybridized carbons (Fsp3) is 0.857. The maximum atomic E-state index is 12.4. The van der Waals surface area contributed by atoms with Crippen LogP contribution in [0.4, 0.5) is 0 Å². The van der Waals surface area contributed by atoms with Crippen molar-refractivity contribution < 1.29 is 14.3 Å². The maximum absolute atomic E-state index is 12.4. The summed E-state index contributed by atoms with van der Waals surface area (Å²) in [5, 5.41) is 0. The molecule has 2 rings (SSSR count). The number of esters is 1. The van der Waals surface area contributed by atoms with E-state index >= 15 is 0 Å². The van der Waals surface area contributed by atoms with Crippen molar-refractivity contribution in [2.45, 2.75) is 57.2 Å². The number of carbonyl (C=O) groups is 2. The third-order valence-corrected chi connectivity index (χ3v) is 4.40. The van der Waals surface area contributed by atoms with Crippen molar-refractivity contribution in [3.05, 3.63) is 0 Å². The van der Waals surface area contributed by atoms with Gasteiger partial charge >= 0.3 is 5.97 Å². The van der Waals surface area contributed by atoms with Crippen LogP contribution in [0.15, 0.2) is 0 Å². The van der Waals surface area contributed by atoms with Crippen molar-refractivity contribution in [1.82, 2.24) is 9.80 Å². The Hall–Kier alpha value is -1.10. The minimum absolute atomic E-state index is 0.0513. The first-order valence-corrected chi connectivity index (χ1v) is 7.13. The van der Waals surface area contributed by atoms with Gasteiger partial charge < -0.3 is 9.64 Å². The van der Waals surface area contributed by atoms with Crippen molar-refractivity contribution >= 4 is 11.9 Å². The fourth-order valence-electron chi connectivity index (χ4n) is 3.52. The molecule has 0 radical (unpaired) electrons. The molecule has 0 spiro atoms. The summed E-state index contributed by atoms with van der Waals surface area (Å²) in [5.41, 5.74) is 0. The summed E-state index contributed by atoms with van der Waals surface area (Å²) in [5.74, 6) is -0.251. The minimum Gasteiger partial charge on any atom is -0.469 e. The van der Waals surface area contributed by atoms with E-state index in [1.54, 1.807) is 4.90 Å². The molecule has 0 aromatic carbocycles. The molecule has 1 heterocycles. The first kappa shape index (κ1) is 14.3. The number of hydrogen-bond acceptors (Lipinski definition) is 4. The van der Waals surface area contributed by atoms with Crippen LogP contribution < -0.4 is 0 Å². The maximum Gasteiger partial charge on any atom is 0.307 e. The molecule has 0 aromatic heterocycles. The number of methoxy groups -OCH3 is 1. The first-order valence-electron chi connectivity index (χ1n) is 7.13. The SMILES string of the molecule is COC(=O)CC1C(=O)N(C)CC(C)N1C1CCCC1. The van der Waals surface area contributed by atoms with Crippen LogP contribution in [-0.2, 0) is 14.3 Å². The van der Waals surface area contributed by atoms with Gasteiger partial charge in [-0.1, -0.05) is 12.8 Å². The summed E-state index contributed by atoms with van der Waals surface area (Å²) >= 11 is 0. The second kappa shape index (κ2) is 5.90. The van der Waals surface area contributed by atoms with Gasteiger partial charge in [0.25, 0.3) is 0 Å². The fourth-order valence-corrected chi connectivity index (χ4v) is 3.52. The van der Waals surface area contributed by atoms with Gasteiger partial charge in [0.15, 0.2) is 0 Å². The highest BCUT2D eigenvalue weighted by atomic mass is 16.5. The van der Waals surface area contributed by atoms with E-state index in [1.165, 1.54) is 20.0 Å². The third kappa shape index (κ3) is 2.91. The molecule has 1 aliphatic carbocycles. The molecule has 1 amide bonds. The number of piperazine rings is 1. The van der Waals surface area contributed by atoms with E-state index in [0.717, 1.165) is 19.4 Å². The second-order valence-electron chi connectivity index (χ2n) is 5.75. The van der Waals surface area contributed by atoms with E-state index in [-0.39, 0.29) is 24.3 Å². The zero-order chi connectivity index (χ0) is 14.0. The van der Waals surface area contributed by atoms with Gasteiger partial charge in [-0.25, -0.2) is 0 Å². The quantitative estimate of drug-likeness (QED) is 0.717. The number of amides is 1. The van der Waals surface area contributed by atoms with Crippen molar-refractivity contribution in [3.63, 3.8) is 0 Å². The highest BCUT2D eigenvalue weighted by Gasteiger charge is 2.42. The lowest BCUT2D eigenvalue weighted by atomic mass is 9.99. The Bertz CT molecular complexity index is 353. The molecule has 108 valence electrons. The Morgan fingerprint density at radius 2 is 2.00 bits per heavy atom. The molecule has 1 aliphatic heterocycles. The zero-order valence-electron chi connectivity index (χ0n) is 12.1. The Labute approximate surface area is 114 Å². The van der Waals surface area contributed by atoms with Gasteiger partial charge in [-0.2, -0.15) is 0 Å². The summed E-state index contributed by atoms with van der Waals surface area (Å²) in [7, 11) is 3.19. The number of likely N-dealkylation sites (N-methyl/N-ethyl adjacent to an activating group) is 1. The topological polar surface area (TPSA) is 49.9 Å². The van der Waals surface area contributed by atoms with Crippen LogP contribution in [0, 0.1) is 0 Å². The van der Waals surface area contributed by atoms with Crippen LogP contribution >= 0.6 is 0 Å². The van der Waals surface area contributed by atoms with Crippen molar-refractivity contribution in [1.29, 1.82) is 0 Å². The molecule has 0 bridgehead atoms. The van der Waals surface area contributed by atoms with E-state index in [9.17, 15) is 9.59 Å². The van der Waals surface area contributed by atoms with Gasteiger partial charge in [0.2, 0.25) is 5.91 Å². The Balaban J connectivity index is 2.18. The van der Waals surface area contributed by atoms with Crippen LogP contribution in [0.1, 0.15) is 39.0 Å². The van der Waals surface area contributed by atoms with E-state index < -0.39 is 0 Å². The lowest BCUT2D eigenvalue weighted by Gasteiger charge is -2.46. The molecule has 0 N–H and O–H groups in total. The van der Waals surface area contributed by atoms with E-state index in [4.69, 9.17) is 4.74 Å². The largest absolute Gasteiger partial charge is 0.469 e. The molecule has 1 saturated heterocycles. The zero-order valence-corrected chi connectivity index (χ0v) is 12.1. The molecule has 2 aliphatic rings. The van der Waals surface area contributed by atoms with Gasteiger partial charge in [-0.15, -0.1) is 0 Å². The Kier molecular flexibility index (Phi) is 4.45. The summed E-state index contributed by atoms with van der Waals surface area (Å²) in [6.45, 7) is 2.89. The molecular weight excluding hydrogens is 244 g/mol. The standard InChI is InChI=1S/C14H24N2O3/c1-10-9-15(2)14(18)12(8-13(17)19-3)16(10)11-6-4-5-7-11/h10-12H,4-9H2,1-3H3. The number of rotatable bonds is 3. The van der Waals surface area contributed by atoms with Gasteiger partial charge in [0, 0.05) is 25.7 Å². The van der Waals surface area contributed by atoms with Crippen LogP contribution in [0.3, 0.4) is 0 Å². The van der Waals surface area contributed by atoms with Gasteiger partial charge in [-0.3, -0.25) is 14.5 Å².